The fourth-order valence-corrected chi connectivity index (χ4v) is 5.72. The van der Waals surface area contributed by atoms with E-state index in [2.05, 4.69) is 59.5 Å². The van der Waals surface area contributed by atoms with Gasteiger partial charge >= 0.3 is 0 Å². The van der Waals surface area contributed by atoms with Crippen molar-refractivity contribution in [1.29, 1.82) is 0 Å². The minimum Gasteiger partial charge on any atom is -0.493 e. The molecular formula is C33H41NO4. The van der Waals surface area contributed by atoms with E-state index >= 15 is 0 Å². The average Bonchev–Trinajstić information content (AvgIpc) is 3.45. The second-order valence-electron chi connectivity index (χ2n) is 10.5. The summed E-state index contributed by atoms with van der Waals surface area (Å²) in [5, 5.41) is 0. The maximum atomic E-state index is 6.53. The van der Waals surface area contributed by atoms with Crippen LogP contribution in [0.3, 0.4) is 0 Å². The first kappa shape index (κ1) is 26.7. The molecule has 0 bridgehead atoms. The van der Waals surface area contributed by atoms with E-state index in [0.717, 1.165) is 56.0 Å². The molecule has 5 nitrogen and oxygen atoms in total. The molecule has 2 fully saturated rings. The van der Waals surface area contributed by atoms with Gasteiger partial charge in [-0.3, -0.25) is 4.90 Å². The third-order valence-corrected chi connectivity index (χ3v) is 7.83. The van der Waals surface area contributed by atoms with Gasteiger partial charge in [-0.25, -0.2) is 0 Å². The van der Waals surface area contributed by atoms with Gasteiger partial charge in [0.25, 0.3) is 0 Å². The molecule has 0 unspecified atom stereocenters. The molecule has 1 saturated heterocycles. The molecule has 38 heavy (non-hydrogen) atoms. The Labute approximate surface area is 227 Å². The van der Waals surface area contributed by atoms with Crippen LogP contribution in [0.15, 0.2) is 78.9 Å². The molecule has 5 rings (SSSR count). The molecule has 0 aromatic heterocycles. The highest BCUT2D eigenvalue weighted by atomic mass is 16.5. The molecule has 3 aromatic carbocycles. The van der Waals surface area contributed by atoms with Crippen LogP contribution in [0.2, 0.25) is 0 Å². The number of ether oxygens (including phenoxy) is 4. The van der Waals surface area contributed by atoms with E-state index in [1.807, 2.05) is 24.3 Å². The minimum absolute atomic E-state index is 0.298. The average molecular weight is 516 g/mol. The Hall–Kier alpha value is -2.86. The Morgan fingerprint density at radius 1 is 0.737 bits per heavy atom. The zero-order valence-corrected chi connectivity index (χ0v) is 22.6. The van der Waals surface area contributed by atoms with Crippen molar-refractivity contribution in [3.05, 3.63) is 95.6 Å². The first-order chi connectivity index (χ1) is 18.8. The Morgan fingerprint density at radius 2 is 1.47 bits per heavy atom. The Morgan fingerprint density at radius 3 is 2.24 bits per heavy atom. The smallest absolute Gasteiger partial charge is 0.161 e. The van der Waals surface area contributed by atoms with Crippen LogP contribution in [-0.4, -0.2) is 50.0 Å². The zero-order chi connectivity index (χ0) is 26.0. The highest BCUT2D eigenvalue weighted by Gasteiger charge is 2.35. The molecule has 1 aliphatic heterocycles. The number of likely N-dealkylation sites (tertiary alicyclic amines) is 1. The lowest BCUT2D eigenvalue weighted by Crippen LogP contribution is -2.46. The summed E-state index contributed by atoms with van der Waals surface area (Å²) in [6, 6.07) is 27.4. The highest BCUT2D eigenvalue weighted by Crippen LogP contribution is 2.31. The Kier molecular flexibility index (Phi) is 9.70. The summed E-state index contributed by atoms with van der Waals surface area (Å²) >= 11 is 0. The van der Waals surface area contributed by atoms with E-state index in [-0.39, 0.29) is 0 Å². The van der Waals surface area contributed by atoms with Gasteiger partial charge in [0.15, 0.2) is 11.5 Å². The van der Waals surface area contributed by atoms with Gasteiger partial charge < -0.3 is 18.9 Å². The van der Waals surface area contributed by atoms with E-state index < -0.39 is 0 Å². The predicted octanol–water partition coefficient (Wildman–Crippen LogP) is 6.44. The lowest BCUT2D eigenvalue weighted by atomic mass is 9.91. The van der Waals surface area contributed by atoms with Crippen molar-refractivity contribution >= 4 is 0 Å². The normalized spacial score (nSPS) is 21.9. The van der Waals surface area contributed by atoms with Crippen molar-refractivity contribution in [2.24, 2.45) is 0 Å². The molecule has 3 atom stereocenters. The summed E-state index contributed by atoms with van der Waals surface area (Å²) in [5.41, 5.74) is 3.59. The molecule has 0 radical (unpaired) electrons. The van der Waals surface area contributed by atoms with Gasteiger partial charge in [-0.2, -0.15) is 0 Å². The number of benzene rings is 3. The number of hydrogen-bond acceptors (Lipinski definition) is 5. The molecule has 0 spiro atoms. The van der Waals surface area contributed by atoms with Gasteiger partial charge in [-0.1, -0.05) is 79.6 Å². The van der Waals surface area contributed by atoms with Crippen LogP contribution >= 0.6 is 0 Å². The molecular weight excluding hydrogens is 474 g/mol. The van der Waals surface area contributed by atoms with Crippen molar-refractivity contribution in [2.45, 2.75) is 70.0 Å². The van der Waals surface area contributed by atoms with Gasteiger partial charge in [-0.15, -0.1) is 0 Å². The first-order valence-electron chi connectivity index (χ1n) is 14.1. The first-order valence-corrected chi connectivity index (χ1v) is 14.1. The lowest BCUT2D eigenvalue weighted by Gasteiger charge is -2.38. The summed E-state index contributed by atoms with van der Waals surface area (Å²) in [5.74, 6) is 1.54. The molecule has 1 saturated carbocycles. The molecule has 5 heteroatoms. The van der Waals surface area contributed by atoms with Crippen LogP contribution in [0.5, 0.6) is 11.5 Å². The maximum Gasteiger partial charge on any atom is 0.161 e. The van der Waals surface area contributed by atoms with Crippen molar-refractivity contribution in [2.75, 3.05) is 26.8 Å². The maximum absolute atomic E-state index is 6.53. The van der Waals surface area contributed by atoms with Gasteiger partial charge in [0.1, 0.15) is 6.61 Å². The topological polar surface area (TPSA) is 40.2 Å². The molecule has 3 aromatic rings. The molecule has 202 valence electrons. The van der Waals surface area contributed by atoms with Crippen LogP contribution in [0, 0.1) is 0 Å². The molecule has 1 heterocycles. The third-order valence-electron chi connectivity index (χ3n) is 7.83. The summed E-state index contributed by atoms with van der Waals surface area (Å²) < 4.78 is 24.4. The van der Waals surface area contributed by atoms with Crippen LogP contribution in [0.25, 0.3) is 0 Å². The number of rotatable bonds is 12. The van der Waals surface area contributed by atoms with Crippen molar-refractivity contribution in [3.63, 3.8) is 0 Å². The number of methoxy groups -OCH3 is 1. The Balaban J connectivity index is 1.09. The zero-order valence-electron chi connectivity index (χ0n) is 22.6. The fourth-order valence-electron chi connectivity index (χ4n) is 5.72. The largest absolute Gasteiger partial charge is 0.493 e. The quantitative estimate of drug-likeness (QED) is 0.278. The third kappa shape index (κ3) is 7.37. The van der Waals surface area contributed by atoms with Crippen LogP contribution in [0.4, 0.5) is 0 Å². The Bertz CT molecular complexity index is 1110. The summed E-state index contributed by atoms with van der Waals surface area (Å²) in [4.78, 5) is 2.63. The molecule has 0 amide bonds. The van der Waals surface area contributed by atoms with Crippen molar-refractivity contribution in [3.8, 4) is 11.5 Å². The predicted molar refractivity (Wildman–Crippen MR) is 151 cm³/mol. The second kappa shape index (κ2) is 13.8. The molecule has 2 aliphatic rings. The SMILES string of the molecule is COc1cc(CCO[C@H]2CCCC[C@@H]2N2CC[C@@H](OCc3ccccc3)C2)ccc1OCc1ccccc1. The van der Waals surface area contributed by atoms with Crippen molar-refractivity contribution < 1.29 is 18.9 Å². The van der Waals surface area contributed by atoms with Crippen molar-refractivity contribution in [1.82, 2.24) is 4.90 Å². The van der Waals surface area contributed by atoms with E-state index in [0.29, 0.717) is 31.5 Å². The molecule has 0 N–H and O–H groups in total. The summed E-state index contributed by atoms with van der Waals surface area (Å²) in [6.07, 6.45) is 7.49. The van der Waals surface area contributed by atoms with E-state index in [9.17, 15) is 0 Å². The number of hydrogen-bond donors (Lipinski definition) is 0. The second-order valence-corrected chi connectivity index (χ2v) is 10.5. The lowest BCUT2D eigenvalue weighted by molar-refractivity contribution is -0.0352. The van der Waals surface area contributed by atoms with E-state index in [1.165, 1.54) is 30.4 Å². The summed E-state index contributed by atoms with van der Waals surface area (Å²) in [6.45, 7) is 4.06. The summed E-state index contributed by atoms with van der Waals surface area (Å²) in [7, 11) is 1.70. The van der Waals surface area contributed by atoms with Crippen LogP contribution < -0.4 is 9.47 Å². The van der Waals surface area contributed by atoms with Crippen LogP contribution in [-0.2, 0) is 29.1 Å². The van der Waals surface area contributed by atoms with Crippen LogP contribution in [0.1, 0.15) is 48.8 Å². The standard InChI is InChI=1S/C33H41NO4/c1-35-33-22-26(16-17-32(33)38-25-28-12-6-3-7-13-28)19-21-36-31-15-9-8-14-30(31)34-20-18-29(23-34)37-24-27-10-4-2-5-11-27/h2-7,10-13,16-17,22,29-31H,8-9,14-15,18-21,23-25H2,1H3/t29-,30+,31+/m1/s1. The van der Waals surface area contributed by atoms with E-state index in [4.69, 9.17) is 18.9 Å². The minimum atomic E-state index is 0.298. The van der Waals surface area contributed by atoms with Gasteiger partial charge in [0.2, 0.25) is 0 Å². The van der Waals surface area contributed by atoms with E-state index in [1.54, 1.807) is 7.11 Å². The van der Waals surface area contributed by atoms with Gasteiger partial charge in [0, 0.05) is 19.1 Å². The molecule has 1 aliphatic carbocycles. The highest BCUT2D eigenvalue weighted by molar-refractivity contribution is 5.43. The van der Waals surface area contributed by atoms with Gasteiger partial charge in [-0.05, 0) is 54.5 Å². The number of nitrogens with zero attached hydrogens (tertiary/aromatic N) is 1. The van der Waals surface area contributed by atoms with Gasteiger partial charge in [0.05, 0.1) is 32.5 Å². The monoisotopic (exact) mass is 515 g/mol. The fraction of sp³-hybridized carbons (Fsp3) is 0.455.